The Morgan fingerprint density at radius 1 is 1.39 bits per heavy atom. The number of nitrogens with one attached hydrogen (secondary N) is 2. The van der Waals surface area contributed by atoms with Crippen molar-refractivity contribution in [3.05, 3.63) is 29.8 Å². The minimum atomic E-state index is -0.576. The van der Waals surface area contributed by atoms with Gasteiger partial charge in [0.05, 0.1) is 18.7 Å². The molecule has 0 aromatic heterocycles. The summed E-state index contributed by atoms with van der Waals surface area (Å²) in [7, 11) is 3.41. The molecule has 1 atom stereocenters. The van der Waals surface area contributed by atoms with Crippen molar-refractivity contribution >= 4 is 5.91 Å². The van der Waals surface area contributed by atoms with Gasteiger partial charge in [-0.2, -0.15) is 0 Å². The summed E-state index contributed by atoms with van der Waals surface area (Å²) in [5.41, 5.74) is 0.447. The number of carbonyl (C=O) groups excluding carboxylic acids is 1. The second-order valence-electron chi connectivity index (χ2n) is 4.85. The van der Waals surface area contributed by atoms with Crippen molar-refractivity contribution in [1.82, 2.24) is 10.6 Å². The maximum absolute atomic E-state index is 12.0. The first-order valence-electron chi connectivity index (χ1n) is 6.04. The Morgan fingerprint density at radius 3 is 2.61 bits per heavy atom. The van der Waals surface area contributed by atoms with E-state index < -0.39 is 5.54 Å². The van der Waals surface area contributed by atoms with Gasteiger partial charge in [0.15, 0.2) is 0 Å². The van der Waals surface area contributed by atoms with Crippen LogP contribution in [0.5, 0.6) is 5.75 Å². The average Bonchev–Trinajstić information content (AvgIpc) is 2.38. The molecule has 1 aromatic rings. The van der Waals surface area contributed by atoms with E-state index >= 15 is 0 Å². The van der Waals surface area contributed by atoms with Crippen LogP contribution in [0.3, 0.4) is 0 Å². The molecular weight excluding hydrogens is 228 g/mol. The van der Waals surface area contributed by atoms with Gasteiger partial charge >= 0.3 is 0 Å². The minimum Gasteiger partial charge on any atom is -0.497 e. The van der Waals surface area contributed by atoms with E-state index in [9.17, 15) is 4.79 Å². The van der Waals surface area contributed by atoms with Crippen molar-refractivity contribution in [2.45, 2.75) is 32.4 Å². The lowest BCUT2D eigenvalue weighted by Crippen LogP contribution is -2.51. The molecule has 0 aliphatic rings. The SMILES string of the molecule is CNC(C)(C)C(=O)NC(C)c1cccc(OC)c1. The van der Waals surface area contributed by atoms with Gasteiger partial charge in [-0.1, -0.05) is 12.1 Å². The zero-order valence-corrected chi connectivity index (χ0v) is 11.7. The number of benzene rings is 1. The molecule has 4 nitrogen and oxygen atoms in total. The van der Waals surface area contributed by atoms with Crippen LogP contribution in [0.4, 0.5) is 0 Å². The molecule has 0 fully saturated rings. The lowest BCUT2D eigenvalue weighted by atomic mass is 10.0. The van der Waals surface area contributed by atoms with Crippen LogP contribution in [-0.2, 0) is 4.79 Å². The molecule has 1 amide bonds. The third-order valence-electron chi connectivity index (χ3n) is 3.13. The fourth-order valence-electron chi connectivity index (χ4n) is 1.48. The monoisotopic (exact) mass is 250 g/mol. The molecule has 0 saturated heterocycles. The zero-order valence-electron chi connectivity index (χ0n) is 11.7. The van der Waals surface area contributed by atoms with Crippen LogP contribution in [0.15, 0.2) is 24.3 Å². The Kier molecular flexibility index (Phi) is 4.73. The number of rotatable bonds is 5. The molecule has 4 heteroatoms. The van der Waals surface area contributed by atoms with Crippen LogP contribution in [0.1, 0.15) is 32.4 Å². The standard InChI is InChI=1S/C14H22N2O2/c1-10(16-13(17)14(2,3)15-4)11-7-6-8-12(9-11)18-5/h6-10,15H,1-5H3,(H,16,17). The Hall–Kier alpha value is -1.55. The van der Waals surface area contributed by atoms with Crippen molar-refractivity contribution < 1.29 is 9.53 Å². The van der Waals surface area contributed by atoms with E-state index in [2.05, 4.69) is 10.6 Å². The van der Waals surface area contributed by atoms with E-state index in [-0.39, 0.29) is 11.9 Å². The van der Waals surface area contributed by atoms with Gasteiger partial charge in [-0.25, -0.2) is 0 Å². The molecule has 0 aliphatic carbocycles. The maximum atomic E-state index is 12.0. The van der Waals surface area contributed by atoms with Gasteiger partial charge in [0.25, 0.3) is 0 Å². The van der Waals surface area contributed by atoms with Crippen molar-refractivity contribution in [3.8, 4) is 5.75 Å². The Bertz CT molecular complexity index is 416. The first-order valence-corrected chi connectivity index (χ1v) is 6.04. The van der Waals surface area contributed by atoms with Gasteiger partial charge in [0, 0.05) is 0 Å². The summed E-state index contributed by atoms with van der Waals surface area (Å²) in [6.07, 6.45) is 0. The van der Waals surface area contributed by atoms with E-state index in [0.29, 0.717) is 0 Å². The van der Waals surface area contributed by atoms with Gasteiger partial charge in [0.2, 0.25) is 5.91 Å². The summed E-state index contributed by atoms with van der Waals surface area (Å²) >= 11 is 0. The third kappa shape index (κ3) is 3.47. The van der Waals surface area contributed by atoms with E-state index in [0.717, 1.165) is 11.3 Å². The summed E-state index contributed by atoms with van der Waals surface area (Å²) in [6.45, 7) is 5.65. The highest BCUT2D eigenvalue weighted by Crippen LogP contribution is 2.19. The lowest BCUT2D eigenvalue weighted by molar-refractivity contribution is -0.126. The molecule has 2 N–H and O–H groups in total. The van der Waals surface area contributed by atoms with Crippen LogP contribution < -0.4 is 15.4 Å². The highest BCUT2D eigenvalue weighted by Gasteiger charge is 2.26. The second kappa shape index (κ2) is 5.87. The van der Waals surface area contributed by atoms with Crippen LogP contribution in [-0.4, -0.2) is 25.6 Å². The molecule has 18 heavy (non-hydrogen) atoms. The van der Waals surface area contributed by atoms with Crippen molar-refractivity contribution in [2.75, 3.05) is 14.2 Å². The fourth-order valence-corrected chi connectivity index (χ4v) is 1.48. The predicted octanol–water partition coefficient (Wildman–Crippen LogP) is 1.87. The highest BCUT2D eigenvalue weighted by atomic mass is 16.5. The summed E-state index contributed by atoms with van der Waals surface area (Å²) in [5, 5.41) is 5.97. The van der Waals surface area contributed by atoms with Crippen LogP contribution >= 0.6 is 0 Å². The highest BCUT2D eigenvalue weighted by molar-refractivity contribution is 5.85. The molecule has 1 rings (SSSR count). The molecule has 1 unspecified atom stereocenters. The molecule has 0 heterocycles. The Balaban J connectivity index is 2.76. The van der Waals surface area contributed by atoms with E-state index in [4.69, 9.17) is 4.74 Å². The number of carbonyl (C=O) groups is 1. The van der Waals surface area contributed by atoms with Crippen LogP contribution in [0.25, 0.3) is 0 Å². The zero-order chi connectivity index (χ0) is 13.8. The number of ether oxygens (including phenoxy) is 1. The summed E-state index contributed by atoms with van der Waals surface area (Å²) in [5.74, 6) is 0.766. The third-order valence-corrected chi connectivity index (χ3v) is 3.13. The Labute approximate surface area is 109 Å². The van der Waals surface area contributed by atoms with Crippen LogP contribution in [0, 0.1) is 0 Å². The van der Waals surface area contributed by atoms with Crippen molar-refractivity contribution in [2.24, 2.45) is 0 Å². The quantitative estimate of drug-likeness (QED) is 0.839. The number of hydrogen-bond donors (Lipinski definition) is 2. The minimum absolute atomic E-state index is 0.0275. The van der Waals surface area contributed by atoms with Gasteiger partial charge < -0.3 is 15.4 Å². The molecule has 100 valence electrons. The summed E-state index contributed by atoms with van der Waals surface area (Å²) in [4.78, 5) is 12.0. The molecule has 1 aromatic carbocycles. The smallest absolute Gasteiger partial charge is 0.240 e. The first-order chi connectivity index (χ1) is 8.40. The fraction of sp³-hybridized carbons (Fsp3) is 0.500. The van der Waals surface area contributed by atoms with E-state index in [1.165, 1.54) is 0 Å². The van der Waals surface area contributed by atoms with Gasteiger partial charge in [0.1, 0.15) is 5.75 Å². The molecular formula is C14H22N2O2. The number of methoxy groups -OCH3 is 1. The normalized spacial score (nSPS) is 12.9. The summed E-state index contributed by atoms with van der Waals surface area (Å²) < 4.78 is 5.17. The van der Waals surface area contributed by atoms with Crippen LogP contribution in [0.2, 0.25) is 0 Å². The maximum Gasteiger partial charge on any atom is 0.240 e. The molecule has 0 bridgehead atoms. The Morgan fingerprint density at radius 2 is 2.06 bits per heavy atom. The number of likely N-dealkylation sites (N-methyl/N-ethyl adjacent to an activating group) is 1. The van der Waals surface area contributed by atoms with E-state index in [1.807, 2.05) is 45.0 Å². The average molecular weight is 250 g/mol. The molecule has 0 radical (unpaired) electrons. The topological polar surface area (TPSA) is 50.4 Å². The molecule has 0 spiro atoms. The first kappa shape index (κ1) is 14.5. The van der Waals surface area contributed by atoms with E-state index in [1.54, 1.807) is 14.2 Å². The van der Waals surface area contributed by atoms with Gasteiger partial charge in [-0.3, -0.25) is 4.79 Å². The molecule has 0 aliphatic heterocycles. The second-order valence-corrected chi connectivity index (χ2v) is 4.85. The van der Waals surface area contributed by atoms with Crippen molar-refractivity contribution in [1.29, 1.82) is 0 Å². The summed E-state index contributed by atoms with van der Waals surface area (Å²) in [6, 6.07) is 7.65. The largest absolute Gasteiger partial charge is 0.497 e. The van der Waals surface area contributed by atoms with Gasteiger partial charge in [-0.05, 0) is 45.5 Å². The lowest BCUT2D eigenvalue weighted by Gasteiger charge is -2.25. The molecule has 0 saturated carbocycles. The predicted molar refractivity (Wildman–Crippen MR) is 72.7 cm³/mol. The van der Waals surface area contributed by atoms with Gasteiger partial charge in [-0.15, -0.1) is 0 Å². The van der Waals surface area contributed by atoms with Crippen molar-refractivity contribution in [3.63, 3.8) is 0 Å². The number of amides is 1. The number of hydrogen-bond acceptors (Lipinski definition) is 3.